The van der Waals surface area contributed by atoms with Crippen molar-refractivity contribution in [3.63, 3.8) is 0 Å². The Labute approximate surface area is 131 Å². The summed E-state index contributed by atoms with van der Waals surface area (Å²) in [5.41, 5.74) is 1.20. The number of rotatable bonds is 4. The van der Waals surface area contributed by atoms with E-state index in [1.807, 2.05) is 6.07 Å². The molecule has 2 heterocycles. The zero-order valence-electron chi connectivity index (χ0n) is 12.1. The van der Waals surface area contributed by atoms with Crippen molar-refractivity contribution in [1.29, 1.82) is 0 Å². The van der Waals surface area contributed by atoms with E-state index in [1.165, 1.54) is 5.56 Å². The monoisotopic (exact) mass is 314 g/mol. The second-order valence-electron chi connectivity index (χ2n) is 5.22. The third kappa shape index (κ3) is 3.80. The van der Waals surface area contributed by atoms with Gasteiger partial charge < -0.3 is 19.9 Å². The Morgan fingerprint density at radius 1 is 1.14 bits per heavy atom. The minimum absolute atomic E-state index is 0. The molecule has 2 N–H and O–H groups in total. The third-order valence-electron chi connectivity index (χ3n) is 3.95. The van der Waals surface area contributed by atoms with Gasteiger partial charge in [0.05, 0.1) is 0 Å². The molecule has 0 aliphatic carbocycles. The molecule has 0 amide bonds. The molecule has 118 valence electrons. The van der Waals surface area contributed by atoms with E-state index < -0.39 is 0 Å². The van der Waals surface area contributed by atoms with Crippen molar-refractivity contribution in [3.05, 3.63) is 23.8 Å². The van der Waals surface area contributed by atoms with Gasteiger partial charge in [-0.25, -0.2) is 0 Å². The van der Waals surface area contributed by atoms with Gasteiger partial charge in [-0.15, -0.1) is 12.4 Å². The highest BCUT2D eigenvalue weighted by Gasteiger charge is 2.23. The molecule has 2 aliphatic heterocycles. The lowest BCUT2D eigenvalue weighted by molar-refractivity contribution is 0.139. The maximum atomic E-state index is 9.37. The average Bonchev–Trinajstić information content (AvgIpc) is 2.53. The van der Waals surface area contributed by atoms with Crippen LogP contribution >= 0.6 is 12.4 Å². The number of benzene rings is 1. The molecule has 5 nitrogen and oxygen atoms in total. The summed E-state index contributed by atoms with van der Waals surface area (Å²) < 4.78 is 11.2. The third-order valence-corrected chi connectivity index (χ3v) is 3.95. The van der Waals surface area contributed by atoms with E-state index in [4.69, 9.17) is 9.47 Å². The smallest absolute Gasteiger partial charge is 0.161 e. The van der Waals surface area contributed by atoms with Crippen LogP contribution in [-0.2, 0) is 0 Å². The number of nitrogens with one attached hydrogen (secondary N) is 1. The topological polar surface area (TPSA) is 54.0 Å². The molecule has 1 aromatic rings. The summed E-state index contributed by atoms with van der Waals surface area (Å²) in [6.07, 6.45) is 0.750. The largest absolute Gasteiger partial charge is 0.486 e. The van der Waals surface area contributed by atoms with Crippen LogP contribution in [-0.4, -0.2) is 56.0 Å². The van der Waals surface area contributed by atoms with Gasteiger partial charge in [0.15, 0.2) is 11.5 Å². The number of aliphatic hydroxyl groups is 1. The second kappa shape index (κ2) is 7.84. The summed E-state index contributed by atoms with van der Waals surface area (Å²) in [6, 6.07) is 6.39. The summed E-state index contributed by atoms with van der Waals surface area (Å²) in [4.78, 5) is 2.43. The average molecular weight is 315 g/mol. The molecule has 0 saturated carbocycles. The zero-order valence-corrected chi connectivity index (χ0v) is 12.9. The quantitative estimate of drug-likeness (QED) is 0.875. The molecule has 21 heavy (non-hydrogen) atoms. The molecule has 1 atom stereocenters. The highest BCUT2D eigenvalue weighted by atomic mass is 35.5. The van der Waals surface area contributed by atoms with E-state index in [2.05, 4.69) is 22.3 Å². The first-order valence-electron chi connectivity index (χ1n) is 7.33. The van der Waals surface area contributed by atoms with E-state index in [0.717, 1.165) is 44.1 Å². The van der Waals surface area contributed by atoms with Crippen LogP contribution in [0.3, 0.4) is 0 Å². The van der Waals surface area contributed by atoms with Crippen molar-refractivity contribution in [2.45, 2.75) is 12.5 Å². The Morgan fingerprint density at radius 2 is 1.86 bits per heavy atom. The fourth-order valence-corrected chi connectivity index (χ4v) is 2.94. The maximum Gasteiger partial charge on any atom is 0.161 e. The van der Waals surface area contributed by atoms with Gasteiger partial charge in [-0.05, 0) is 24.1 Å². The summed E-state index contributed by atoms with van der Waals surface area (Å²) in [5.74, 6) is 1.65. The van der Waals surface area contributed by atoms with Gasteiger partial charge in [0.1, 0.15) is 13.2 Å². The molecule has 6 heteroatoms. The summed E-state index contributed by atoms with van der Waals surface area (Å²) in [6.45, 7) is 5.46. The number of hydrogen-bond acceptors (Lipinski definition) is 5. The molecule has 1 aromatic carbocycles. The molecular formula is C15H23ClN2O3. The molecule has 3 rings (SSSR count). The summed E-state index contributed by atoms with van der Waals surface area (Å²) >= 11 is 0. The minimum Gasteiger partial charge on any atom is -0.486 e. The van der Waals surface area contributed by atoms with Crippen LogP contribution < -0.4 is 14.8 Å². The van der Waals surface area contributed by atoms with Crippen LogP contribution in [0.5, 0.6) is 11.5 Å². The standard InChI is InChI=1S/C15H22N2O3.ClH/c18-8-3-13(17-6-4-16-5-7-17)12-1-2-14-15(11-12)20-10-9-19-14;/h1-2,11,13,16,18H,3-10H2;1H/t13-;/m1./s1. The molecule has 1 fully saturated rings. The molecule has 1 saturated heterocycles. The predicted molar refractivity (Wildman–Crippen MR) is 83.6 cm³/mol. The maximum absolute atomic E-state index is 9.37. The number of halogens is 1. The molecular weight excluding hydrogens is 292 g/mol. The van der Waals surface area contributed by atoms with Crippen molar-refractivity contribution in [3.8, 4) is 11.5 Å². The van der Waals surface area contributed by atoms with Gasteiger partial charge >= 0.3 is 0 Å². The van der Waals surface area contributed by atoms with Crippen molar-refractivity contribution >= 4 is 12.4 Å². The molecule has 0 aromatic heterocycles. The van der Waals surface area contributed by atoms with Crippen molar-refractivity contribution in [1.82, 2.24) is 10.2 Å². The first-order valence-corrected chi connectivity index (χ1v) is 7.33. The number of fused-ring (bicyclic) bond motifs is 1. The van der Waals surface area contributed by atoms with Crippen molar-refractivity contribution < 1.29 is 14.6 Å². The van der Waals surface area contributed by atoms with Crippen molar-refractivity contribution in [2.24, 2.45) is 0 Å². The Kier molecular flexibility index (Phi) is 6.11. The molecule has 0 radical (unpaired) electrons. The molecule has 0 unspecified atom stereocenters. The molecule has 2 aliphatic rings. The minimum atomic E-state index is 0. The predicted octanol–water partition coefficient (Wildman–Crippen LogP) is 1.21. The number of aliphatic hydroxyl groups excluding tert-OH is 1. The lowest BCUT2D eigenvalue weighted by Crippen LogP contribution is -2.45. The van der Waals surface area contributed by atoms with Crippen LogP contribution in [0, 0.1) is 0 Å². The van der Waals surface area contributed by atoms with E-state index in [-0.39, 0.29) is 25.1 Å². The van der Waals surface area contributed by atoms with E-state index in [9.17, 15) is 5.11 Å². The van der Waals surface area contributed by atoms with Crippen LogP contribution in [0.1, 0.15) is 18.0 Å². The SMILES string of the molecule is Cl.OCC[C@H](c1ccc2c(c1)OCCO2)N1CCNCC1. The molecule has 0 spiro atoms. The Morgan fingerprint density at radius 3 is 2.57 bits per heavy atom. The fraction of sp³-hybridized carbons (Fsp3) is 0.600. The highest BCUT2D eigenvalue weighted by Crippen LogP contribution is 2.35. The first-order chi connectivity index (χ1) is 9.88. The van der Waals surface area contributed by atoms with E-state index in [1.54, 1.807) is 0 Å². The van der Waals surface area contributed by atoms with E-state index in [0.29, 0.717) is 13.2 Å². The van der Waals surface area contributed by atoms with Gasteiger partial charge in [-0.1, -0.05) is 6.07 Å². The van der Waals surface area contributed by atoms with Crippen LogP contribution in [0.15, 0.2) is 18.2 Å². The number of hydrogen-bond donors (Lipinski definition) is 2. The summed E-state index contributed by atoms with van der Waals surface area (Å²) in [5, 5.41) is 12.7. The van der Waals surface area contributed by atoms with E-state index >= 15 is 0 Å². The number of nitrogens with zero attached hydrogens (tertiary/aromatic N) is 1. The lowest BCUT2D eigenvalue weighted by Gasteiger charge is -2.35. The Hall–Kier alpha value is -1.01. The molecule has 0 bridgehead atoms. The van der Waals surface area contributed by atoms with Crippen molar-refractivity contribution in [2.75, 3.05) is 46.0 Å². The second-order valence-corrected chi connectivity index (χ2v) is 5.22. The normalized spacial score (nSPS) is 19.7. The number of ether oxygens (including phenoxy) is 2. The Bertz CT molecular complexity index is 453. The number of piperazine rings is 1. The van der Waals surface area contributed by atoms with Gasteiger partial charge in [0.25, 0.3) is 0 Å². The van der Waals surface area contributed by atoms with Gasteiger partial charge in [-0.3, -0.25) is 4.90 Å². The van der Waals surface area contributed by atoms with Gasteiger partial charge in [-0.2, -0.15) is 0 Å². The fourth-order valence-electron chi connectivity index (χ4n) is 2.94. The van der Waals surface area contributed by atoms with Gasteiger partial charge in [0, 0.05) is 38.8 Å². The highest BCUT2D eigenvalue weighted by molar-refractivity contribution is 5.85. The first kappa shape index (κ1) is 16.4. The van der Waals surface area contributed by atoms with Crippen LogP contribution in [0.25, 0.3) is 0 Å². The zero-order chi connectivity index (χ0) is 13.8. The van der Waals surface area contributed by atoms with Crippen LogP contribution in [0.4, 0.5) is 0 Å². The lowest BCUT2D eigenvalue weighted by atomic mass is 10.0. The Balaban J connectivity index is 0.00000161. The summed E-state index contributed by atoms with van der Waals surface area (Å²) in [7, 11) is 0. The van der Waals surface area contributed by atoms with Crippen LogP contribution in [0.2, 0.25) is 0 Å². The van der Waals surface area contributed by atoms with Gasteiger partial charge in [0.2, 0.25) is 0 Å².